The van der Waals surface area contributed by atoms with Crippen LogP contribution in [0.4, 0.5) is 0 Å². The van der Waals surface area contributed by atoms with Crippen molar-refractivity contribution in [3.05, 3.63) is 52.5 Å². The van der Waals surface area contributed by atoms with Crippen molar-refractivity contribution in [3.63, 3.8) is 0 Å². The maximum Gasteiger partial charge on any atom is 0.107 e. The van der Waals surface area contributed by atoms with Crippen molar-refractivity contribution in [1.29, 1.82) is 0 Å². The normalized spacial score (nSPS) is 12.8. The Hall–Kier alpha value is -0.840. The van der Waals surface area contributed by atoms with E-state index in [2.05, 4.69) is 58.8 Å². The van der Waals surface area contributed by atoms with Crippen LogP contribution in [0.5, 0.6) is 0 Å². The summed E-state index contributed by atoms with van der Waals surface area (Å²) in [4.78, 5) is 6.92. The molecule has 0 unspecified atom stereocenters. The van der Waals surface area contributed by atoms with Gasteiger partial charge in [-0.2, -0.15) is 11.8 Å². The van der Waals surface area contributed by atoms with E-state index in [9.17, 15) is 0 Å². The highest BCUT2D eigenvalue weighted by Crippen LogP contribution is 2.15. The van der Waals surface area contributed by atoms with Gasteiger partial charge in [-0.05, 0) is 24.8 Å². The monoisotopic (exact) mass is 306 g/mol. The predicted molar refractivity (Wildman–Crippen MR) is 90.3 cm³/mol. The lowest BCUT2D eigenvalue weighted by molar-refractivity contribution is 0.253. The average Bonchev–Trinajstić information content (AvgIpc) is 2.98. The van der Waals surface area contributed by atoms with Gasteiger partial charge in [0.1, 0.15) is 5.01 Å². The van der Waals surface area contributed by atoms with Crippen LogP contribution in [0.3, 0.4) is 0 Å². The van der Waals surface area contributed by atoms with E-state index in [-0.39, 0.29) is 0 Å². The lowest BCUT2D eigenvalue weighted by Crippen LogP contribution is -2.25. The van der Waals surface area contributed by atoms with Gasteiger partial charge in [0.2, 0.25) is 0 Å². The summed E-state index contributed by atoms with van der Waals surface area (Å²) in [6.45, 7) is 5.38. The second kappa shape index (κ2) is 8.45. The van der Waals surface area contributed by atoms with Crippen LogP contribution in [0.15, 0.2) is 41.9 Å². The fourth-order valence-corrected chi connectivity index (χ4v) is 3.06. The molecular weight excluding hydrogens is 284 g/mol. The van der Waals surface area contributed by atoms with Gasteiger partial charge in [-0.25, -0.2) is 4.98 Å². The van der Waals surface area contributed by atoms with Gasteiger partial charge < -0.3 is 0 Å². The highest BCUT2D eigenvalue weighted by atomic mass is 32.2. The molecule has 20 heavy (non-hydrogen) atoms. The van der Waals surface area contributed by atoms with Crippen molar-refractivity contribution in [3.8, 4) is 0 Å². The summed E-state index contributed by atoms with van der Waals surface area (Å²) in [6.07, 6.45) is 5.30. The molecule has 0 aliphatic rings. The number of aromatic nitrogens is 1. The smallest absolute Gasteiger partial charge is 0.107 e. The zero-order valence-electron chi connectivity index (χ0n) is 12.2. The maximum atomic E-state index is 4.42. The molecule has 0 bridgehead atoms. The molecule has 1 atom stereocenters. The maximum absolute atomic E-state index is 4.42. The Kier molecular flexibility index (Phi) is 6.57. The number of thioether (sulfide) groups is 1. The molecule has 2 rings (SSSR count). The van der Waals surface area contributed by atoms with Gasteiger partial charge in [-0.3, -0.25) is 4.90 Å². The molecule has 2 nitrogen and oxygen atoms in total. The van der Waals surface area contributed by atoms with Crippen molar-refractivity contribution in [2.75, 3.05) is 12.8 Å². The summed E-state index contributed by atoms with van der Waals surface area (Å²) in [5, 5.41) is 3.97. The lowest BCUT2D eigenvalue weighted by Gasteiger charge is -2.22. The minimum Gasteiger partial charge on any atom is -0.292 e. The van der Waals surface area contributed by atoms with Gasteiger partial charge in [-0.15, -0.1) is 11.3 Å². The van der Waals surface area contributed by atoms with Gasteiger partial charge in [0.15, 0.2) is 0 Å². The number of rotatable bonds is 8. The Bertz CT molecular complexity index is 470. The molecule has 1 aromatic carbocycles. The van der Waals surface area contributed by atoms with Gasteiger partial charge >= 0.3 is 0 Å². The molecule has 4 heteroatoms. The minimum atomic E-state index is 0.713. The van der Waals surface area contributed by atoms with Gasteiger partial charge in [-0.1, -0.05) is 37.3 Å². The van der Waals surface area contributed by atoms with Crippen LogP contribution in [0.25, 0.3) is 0 Å². The second-order valence-electron chi connectivity index (χ2n) is 4.96. The predicted octanol–water partition coefficient (Wildman–Crippen LogP) is 4.29. The Morgan fingerprint density at radius 1 is 1.25 bits per heavy atom. The summed E-state index contributed by atoms with van der Waals surface area (Å²) in [7, 11) is 0. The third-order valence-corrected chi connectivity index (χ3v) is 5.15. The molecule has 0 saturated heterocycles. The molecule has 0 N–H and O–H groups in total. The molecule has 1 aromatic heterocycles. The molecule has 0 fully saturated rings. The minimum absolute atomic E-state index is 0.713. The van der Waals surface area contributed by atoms with E-state index in [1.54, 1.807) is 11.3 Å². The molecule has 0 aliphatic heterocycles. The zero-order valence-corrected chi connectivity index (χ0v) is 13.8. The van der Waals surface area contributed by atoms with Gasteiger partial charge in [0.05, 0.1) is 6.54 Å². The molecule has 2 aromatic rings. The third kappa shape index (κ3) is 5.27. The van der Waals surface area contributed by atoms with Crippen LogP contribution in [0.1, 0.15) is 23.9 Å². The van der Waals surface area contributed by atoms with E-state index < -0.39 is 0 Å². The van der Waals surface area contributed by atoms with Crippen molar-refractivity contribution in [2.45, 2.75) is 31.7 Å². The Labute approximate surface area is 130 Å². The van der Waals surface area contributed by atoms with E-state index in [0.29, 0.717) is 5.25 Å². The summed E-state index contributed by atoms with van der Waals surface area (Å²) < 4.78 is 0. The fraction of sp³-hybridized carbons (Fsp3) is 0.438. The Morgan fingerprint density at radius 2 is 2.05 bits per heavy atom. The number of thiazole rings is 1. The van der Waals surface area contributed by atoms with Crippen molar-refractivity contribution < 1.29 is 0 Å². The van der Waals surface area contributed by atoms with Crippen molar-refractivity contribution >= 4 is 23.1 Å². The van der Waals surface area contributed by atoms with E-state index >= 15 is 0 Å². The van der Waals surface area contributed by atoms with Crippen LogP contribution in [0.2, 0.25) is 0 Å². The lowest BCUT2D eigenvalue weighted by atomic mass is 10.2. The van der Waals surface area contributed by atoms with Gasteiger partial charge in [0.25, 0.3) is 0 Å². The number of benzene rings is 1. The van der Waals surface area contributed by atoms with Crippen molar-refractivity contribution in [1.82, 2.24) is 9.88 Å². The molecule has 108 valence electrons. The average molecular weight is 306 g/mol. The molecule has 0 radical (unpaired) electrons. The number of nitrogens with zero attached hydrogens (tertiary/aromatic N) is 2. The first kappa shape index (κ1) is 15.5. The topological polar surface area (TPSA) is 16.1 Å². The van der Waals surface area contributed by atoms with Crippen LogP contribution >= 0.6 is 23.1 Å². The Balaban J connectivity index is 1.95. The van der Waals surface area contributed by atoms with E-state index in [1.165, 1.54) is 17.0 Å². The molecule has 0 spiro atoms. The zero-order chi connectivity index (χ0) is 14.2. The first-order valence-corrected chi connectivity index (χ1v) is 9.12. The van der Waals surface area contributed by atoms with E-state index in [0.717, 1.165) is 19.6 Å². The largest absolute Gasteiger partial charge is 0.292 e. The quantitative estimate of drug-likeness (QED) is 0.724. The first-order chi connectivity index (χ1) is 9.78. The SMILES string of the molecule is CS[C@@H](C)CCN(Cc1ccccc1)Cc1nccs1. The summed E-state index contributed by atoms with van der Waals surface area (Å²) in [5.74, 6) is 0. The standard InChI is InChI=1S/C16H22N2S2/c1-14(19-2)8-10-18(13-16-17-9-11-20-16)12-15-6-4-3-5-7-15/h3-7,9,11,14H,8,10,12-13H2,1-2H3/t14-/m0/s1. The molecular formula is C16H22N2S2. The molecule has 1 heterocycles. The summed E-state index contributed by atoms with van der Waals surface area (Å²) in [5.41, 5.74) is 1.38. The first-order valence-electron chi connectivity index (χ1n) is 6.95. The van der Waals surface area contributed by atoms with Crippen molar-refractivity contribution in [2.24, 2.45) is 0 Å². The Morgan fingerprint density at radius 3 is 2.70 bits per heavy atom. The number of hydrogen-bond acceptors (Lipinski definition) is 4. The van der Waals surface area contributed by atoms with Crippen LogP contribution in [0, 0.1) is 0 Å². The highest BCUT2D eigenvalue weighted by Gasteiger charge is 2.10. The highest BCUT2D eigenvalue weighted by molar-refractivity contribution is 7.99. The molecule has 0 saturated carbocycles. The molecule has 0 amide bonds. The fourth-order valence-electron chi connectivity index (χ4n) is 2.06. The van der Waals surface area contributed by atoms with Crippen LogP contribution in [-0.4, -0.2) is 27.9 Å². The molecule has 0 aliphatic carbocycles. The van der Waals surface area contributed by atoms with Crippen LogP contribution in [-0.2, 0) is 13.1 Å². The second-order valence-corrected chi connectivity index (χ2v) is 7.21. The third-order valence-electron chi connectivity index (χ3n) is 3.35. The number of hydrogen-bond donors (Lipinski definition) is 0. The van der Waals surface area contributed by atoms with E-state index in [1.807, 2.05) is 18.0 Å². The summed E-state index contributed by atoms with van der Waals surface area (Å²) >= 11 is 3.69. The van der Waals surface area contributed by atoms with Crippen LogP contribution < -0.4 is 0 Å². The summed E-state index contributed by atoms with van der Waals surface area (Å²) in [6, 6.07) is 10.7. The van der Waals surface area contributed by atoms with Gasteiger partial charge in [0, 0.05) is 23.4 Å². The van der Waals surface area contributed by atoms with E-state index in [4.69, 9.17) is 0 Å².